The number of carboxylic acid groups (broad SMARTS) is 1. The van der Waals surface area contributed by atoms with E-state index >= 15 is 0 Å². The van der Waals surface area contributed by atoms with E-state index in [1.807, 2.05) is 65.6 Å². The van der Waals surface area contributed by atoms with Gasteiger partial charge in [-0.2, -0.15) is 0 Å². The number of carbonyl (C=O) groups is 2. The molecular weight excluding hydrogens is 490 g/mol. The van der Waals surface area contributed by atoms with E-state index in [0.29, 0.717) is 18.8 Å². The highest BCUT2D eigenvalue weighted by atomic mass is 16.5. The van der Waals surface area contributed by atoms with E-state index in [0.717, 1.165) is 80.3 Å². The number of ether oxygens (including phenoxy) is 1. The molecule has 39 heavy (non-hydrogen) atoms. The van der Waals surface area contributed by atoms with E-state index in [1.54, 1.807) is 0 Å². The molecule has 0 spiro atoms. The fraction of sp³-hybridized carbons (Fsp3) is 0.406. The van der Waals surface area contributed by atoms with Crippen molar-refractivity contribution in [2.75, 3.05) is 25.0 Å². The van der Waals surface area contributed by atoms with E-state index in [2.05, 4.69) is 11.4 Å². The number of para-hydroxylation sites is 1. The number of pyridine rings is 1. The SMILES string of the molecule is O=C(O)CC(CC1CCN(C(=O)CCc2ccc3c(n2)NCCC3)CC1)c1ccc(Oc2ccccc2)cc1. The molecule has 0 aliphatic carbocycles. The number of anilines is 1. The first-order chi connectivity index (χ1) is 19.0. The van der Waals surface area contributed by atoms with Gasteiger partial charge < -0.3 is 20.1 Å². The Morgan fingerprint density at radius 2 is 1.74 bits per heavy atom. The fourth-order valence-electron chi connectivity index (χ4n) is 5.70. The monoisotopic (exact) mass is 527 g/mol. The molecule has 1 unspecified atom stereocenters. The zero-order valence-electron chi connectivity index (χ0n) is 22.4. The Balaban J connectivity index is 1.11. The lowest BCUT2D eigenvalue weighted by atomic mass is 9.82. The molecule has 3 aromatic rings. The first kappa shape index (κ1) is 26.7. The average molecular weight is 528 g/mol. The van der Waals surface area contributed by atoms with Gasteiger partial charge in [0, 0.05) is 31.7 Å². The summed E-state index contributed by atoms with van der Waals surface area (Å²) in [6, 6.07) is 21.6. The number of hydrogen-bond donors (Lipinski definition) is 2. The smallest absolute Gasteiger partial charge is 0.303 e. The van der Waals surface area contributed by atoms with Crippen molar-refractivity contribution in [1.82, 2.24) is 9.88 Å². The van der Waals surface area contributed by atoms with Gasteiger partial charge in [-0.05, 0) is 91.8 Å². The lowest BCUT2D eigenvalue weighted by Crippen LogP contribution is -2.39. The highest BCUT2D eigenvalue weighted by Gasteiger charge is 2.27. The highest BCUT2D eigenvalue weighted by Crippen LogP contribution is 2.34. The van der Waals surface area contributed by atoms with Gasteiger partial charge in [0.15, 0.2) is 0 Å². The first-order valence-electron chi connectivity index (χ1n) is 14.1. The molecule has 1 aromatic heterocycles. The lowest BCUT2D eigenvalue weighted by Gasteiger charge is -2.33. The van der Waals surface area contributed by atoms with Crippen molar-refractivity contribution >= 4 is 17.7 Å². The second-order valence-corrected chi connectivity index (χ2v) is 10.7. The molecule has 2 aliphatic rings. The number of benzene rings is 2. The molecule has 0 saturated carbocycles. The minimum atomic E-state index is -0.789. The van der Waals surface area contributed by atoms with Crippen molar-refractivity contribution in [1.29, 1.82) is 0 Å². The van der Waals surface area contributed by atoms with Gasteiger partial charge in [-0.25, -0.2) is 4.98 Å². The molecule has 2 aromatic carbocycles. The quantitative estimate of drug-likeness (QED) is 0.333. The van der Waals surface area contributed by atoms with Gasteiger partial charge in [-0.3, -0.25) is 9.59 Å². The van der Waals surface area contributed by atoms with Crippen LogP contribution in [0, 0.1) is 5.92 Å². The molecule has 2 aliphatic heterocycles. The summed E-state index contributed by atoms with van der Waals surface area (Å²) in [5, 5.41) is 12.9. The summed E-state index contributed by atoms with van der Waals surface area (Å²) in [6.45, 7) is 2.41. The normalized spacial score (nSPS) is 16.2. The zero-order valence-corrected chi connectivity index (χ0v) is 22.4. The van der Waals surface area contributed by atoms with Crippen molar-refractivity contribution in [3.63, 3.8) is 0 Å². The number of piperidine rings is 1. The Kier molecular flexibility index (Phi) is 8.76. The predicted molar refractivity (Wildman–Crippen MR) is 151 cm³/mol. The second-order valence-electron chi connectivity index (χ2n) is 10.7. The maximum atomic E-state index is 12.9. The largest absolute Gasteiger partial charge is 0.481 e. The van der Waals surface area contributed by atoms with Crippen LogP contribution in [0.2, 0.25) is 0 Å². The van der Waals surface area contributed by atoms with E-state index in [1.165, 1.54) is 5.56 Å². The van der Waals surface area contributed by atoms with Crippen LogP contribution in [0.15, 0.2) is 66.7 Å². The van der Waals surface area contributed by atoms with E-state index in [9.17, 15) is 14.7 Å². The number of nitrogens with zero attached hydrogens (tertiary/aromatic N) is 2. The molecule has 0 bridgehead atoms. The number of carbonyl (C=O) groups excluding carboxylic acids is 1. The fourth-order valence-corrected chi connectivity index (χ4v) is 5.70. The van der Waals surface area contributed by atoms with Gasteiger partial charge in [-0.15, -0.1) is 0 Å². The van der Waals surface area contributed by atoms with Crippen LogP contribution in [0.4, 0.5) is 5.82 Å². The van der Waals surface area contributed by atoms with E-state index in [4.69, 9.17) is 9.72 Å². The third-order valence-corrected chi connectivity index (χ3v) is 7.88. The van der Waals surface area contributed by atoms with Gasteiger partial charge in [0.05, 0.1) is 6.42 Å². The molecule has 3 heterocycles. The van der Waals surface area contributed by atoms with Crippen LogP contribution in [0.5, 0.6) is 11.5 Å². The topological polar surface area (TPSA) is 91.8 Å². The number of nitrogens with one attached hydrogen (secondary N) is 1. The molecule has 5 rings (SSSR count). The van der Waals surface area contributed by atoms with Gasteiger partial charge >= 0.3 is 5.97 Å². The maximum Gasteiger partial charge on any atom is 0.303 e. The number of aromatic nitrogens is 1. The molecule has 0 radical (unpaired) electrons. The maximum absolute atomic E-state index is 12.9. The van der Waals surface area contributed by atoms with Crippen LogP contribution in [-0.2, 0) is 22.4 Å². The van der Waals surface area contributed by atoms with Crippen molar-refractivity contribution in [2.45, 2.75) is 57.3 Å². The molecule has 7 nitrogen and oxygen atoms in total. The van der Waals surface area contributed by atoms with Crippen LogP contribution in [0.3, 0.4) is 0 Å². The number of carboxylic acids is 1. The van der Waals surface area contributed by atoms with E-state index < -0.39 is 5.97 Å². The summed E-state index contributed by atoms with van der Waals surface area (Å²) in [5.74, 6) is 2.19. The molecule has 204 valence electrons. The lowest BCUT2D eigenvalue weighted by molar-refractivity contribution is -0.137. The minimum absolute atomic E-state index is 0.0655. The molecule has 1 amide bonds. The van der Waals surface area contributed by atoms with Crippen molar-refractivity contribution in [3.05, 3.63) is 83.6 Å². The van der Waals surface area contributed by atoms with Crippen LogP contribution in [-0.4, -0.2) is 46.5 Å². The van der Waals surface area contributed by atoms with Crippen LogP contribution >= 0.6 is 0 Å². The summed E-state index contributed by atoms with van der Waals surface area (Å²) in [5.41, 5.74) is 3.24. The molecule has 1 fully saturated rings. The Bertz CT molecular complexity index is 1250. The summed E-state index contributed by atoms with van der Waals surface area (Å²) >= 11 is 0. The Morgan fingerprint density at radius 3 is 2.49 bits per heavy atom. The van der Waals surface area contributed by atoms with Crippen LogP contribution < -0.4 is 10.1 Å². The zero-order chi connectivity index (χ0) is 27.0. The van der Waals surface area contributed by atoms with Crippen LogP contribution in [0.25, 0.3) is 0 Å². The van der Waals surface area contributed by atoms with Gasteiger partial charge in [0.25, 0.3) is 0 Å². The number of aryl methyl sites for hydroxylation is 2. The standard InChI is InChI=1S/C32H37N3O4/c36-30(15-12-27-11-8-25-5-4-18-33-32(25)34-27)35-19-16-23(17-20-35)21-26(22-31(37)38)24-9-13-29(14-10-24)39-28-6-2-1-3-7-28/h1-3,6-11,13-14,23,26H,4-5,12,15-22H2,(H,33,34)(H,37,38). The first-order valence-corrected chi connectivity index (χ1v) is 14.1. The van der Waals surface area contributed by atoms with Crippen molar-refractivity contribution < 1.29 is 19.4 Å². The number of hydrogen-bond acceptors (Lipinski definition) is 5. The highest BCUT2D eigenvalue weighted by molar-refractivity contribution is 5.76. The molecule has 2 N–H and O–H groups in total. The van der Waals surface area contributed by atoms with Crippen molar-refractivity contribution in [2.24, 2.45) is 5.92 Å². The third kappa shape index (κ3) is 7.37. The Hall–Kier alpha value is -3.87. The Labute approximate surface area is 230 Å². The molecule has 7 heteroatoms. The van der Waals surface area contributed by atoms with Gasteiger partial charge in [-0.1, -0.05) is 36.4 Å². The summed E-state index contributed by atoms with van der Waals surface area (Å²) in [4.78, 5) is 31.3. The van der Waals surface area contributed by atoms with Crippen molar-refractivity contribution in [3.8, 4) is 11.5 Å². The average Bonchev–Trinajstić information content (AvgIpc) is 2.96. The number of fused-ring (bicyclic) bond motifs is 1. The summed E-state index contributed by atoms with van der Waals surface area (Å²) in [7, 11) is 0. The number of amides is 1. The minimum Gasteiger partial charge on any atom is -0.481 e. The summed E-state index contributed by atoms with van der Waals surface area (Å²) in [6.07, 6.45) is 6.02. The third-order valence-electron chi connectivity index (χ3n) is 7.88. The number of likely N-dealkylation sites (tertiary alicyclic amines) is 1. The molecule has 1 saturated heterocycles. The molecule has 1 atom stereocenters. The second kappa shape index (κ2) is 12.8. The summed E-state index contributed by atoms with van der Waals surface area (Å²) < 4.78 is 5.89. The van der Waals surface area contributed by atoms with Gasteiger partial charge in [0.2, 0.25) is 5.91 Å². The number of rotatable bonds is 10. The van der Waals surface area contributed by atoms with Crippen LogP contribution in [0.1, 0.15) is 61.3 Å². The van der Waals surface area contributed by atoms with Gasteiger partial charge in [0.1, 0.15) is 17.3 Å². The number of aliphatic carboxylic acids is 1. The molecular formula is C32H37N3O4. The predicted octanol–water partition coefficient (Wildman–Crippen LogP) is 6.05. The van der Waals surface area contributed by atoms with E-state index in [-0.39, 0.29) is 18.2 Å². The Morgan fingerprint density at radius 1 is 1.00 bits per heavy atom.